The summed E-state index contributed by atoms with van der Waals surface area (Å²) >= 11 is 0. The molecule has 1 aliphatic rings. The van der Waals surface area contributed by atoms with E-state index in [0.29, 0.717) is 0 Å². The average Bonchev–Trinajstić information content (AvgIpc) is 2.45. The van der Waals surface area contributed by atoms with Gasteiger partial charge in [-0.25, -0.2) is 4.79 Å². The molecule has 0 aromatic carbocycles. The molecule has 0 saturated carbocycles. The Morgan fingerprint density at radius 2 is 2.07 bits per heavy atom. The molecule has 0 aromatic rings. The van der Waals surface area contributed by atoms with Gasteiger partial charge < -0.3 is 9.47 Å². The smallest absolute Gasteiger partial charge is 0.449 e. The highest BCUT2D eigenvalue weighted by atomic mass is 19.4. The molecule has 0 fully saturated rings. The lowest BCUT2D eigenvalue weighted by atomic mass is 10.2. The molecule has 78 valence electrons. The first-order chi connectivity index (χ1) is 6.38. The zero-order valence-electron chi connectivity index (χ0n) is 6.97. The summed E-state index contributed by atoms with van der Waals surface area (Å²) in [5.41, 5.74) is -1.07. The minimum absolute atomic E-state index is 0.778. The summed E-state index contributed by atoms with van der Waals surface area (Å²) in [7, 11) is 0.884. The van der Waals surface area contributed by atoms with Crippen LogP contribution in [0.15, 0.2) is 11.3 Å². The number of allylic oxidation sites excluding steroid dienone is 1. The molecule has 0 aliphatic carbocycles. The summed E-state index contributed by atoms with van der Waals surface area (Å²) in [5, 5.41) is 0. The Labute approximate surface area is 76.3 Å². The molecular formula is C7H5F3O4. The van der Waals surface area contributed by atoms with Crippen molar-refractivity contribution in [2.24, 2.45) is 0 Å². The predicted octanol–water partition coefficient (Wildman–Crippen LogP) is 0.575. The monoisotopic (exact) mass is 210 g/mol. The molecule has 0 unspecified atom stereocenters. The average molecular weight is 210 g/mol. The molecule has 7 heteroatoms. The topological polar surface area (TPSA) is 52.6 Å². The quantitative estimate of drug-likeness (QED) is 0.469. The van der Waals surface area contributed by atoms with E-state index in [2.05, 4.69) is 9.47 Å². The van der Waals surface area contributed by atoms with Crippen molar-refractivity contribution >= 4 is 11.8 Å². The maximum atomic E-state index is 12.1. The molecule has 0 aromatic heterocycles. The predicted molar refractivity (Wildman–Crippen MR) is 36.1 cm³/mol. The number of esters is 1. The second-order valence-corrected chi connectivity index (χ2v) is 2.41. The summed E-state index contributed by atoms with van der Waals surface area (Å²) in [6.07, 6.45) is -4.85. The fraction of sp³-hybridized carbons (Fsp3) is 0.429. The van der Waals surface area contributed by atoms with Crippen LogP contribution in [0, 0.1) is 0 Å². The molecule has 4 nitrogen and oxygen atoms in total. The summed E-state index contributed by atoms with van der Waals surface area (Å²) < 4.78 is 44.5. The third-order valence-electron chi connectivity index (χ3n) is 1.50. The second-order valence-electron chi connectivity index (χ2n) is 2.41. The van der Waals surface area contributed by atoms with Crippen molar-refractivity contribution < 1.29 is 32.2 Å². The van der Waals surface area contributed by atoms with Crippen LogP contribution in [0.4, 0.5) is 13.2 Å². The van der Waals surface area contributed by atoms with Crippen LogP contribution < -0.4 is 0 Å². The highest BCUT2D eigenvalue weighted by molar-refractivity contribution is 6.19. The number of ketones is 1. The Bertz CT molecular complexity index is 315. The van der Waals surface area contributed by atoms with E-state index in [0.717, 1.165) is 7.11 Å². The number of ether oxygens (including phenoxy) is 2. The Morgan fingerprint density at radius 1 is 1.50 bits per heavy atom. The fourth-order valence-corrected chi connectivity index (χ4v) is 0.941. The number of hydrogen-bond donors (Lipinski definition) is 0. The largest absolute Gasteiger partial charge is 0.480 e. The Kier molecular flexibility index (Phi) is 2.50. The first-order valence-electron chi connectivity index (χ1n) is 3.43. The van der Waals surface area contributed by atoms with Gasteiger partial charge in [0.05, 0.1) is 7.11 Å². The fourth-order valence-electron chi connectivity index (χ4n) is 0.941. The van der Waals surface area contributed by atoms with Gasteiger partial charge in [0.25, 0.3) is 0 Å². The van der Waals surface area contributed by atoms with Gasteiger partial charge in [0, 0.05) is 0 Å². The van der Waals surface area contributed by atoms with Crippen LogP contribution in [-0.2, 0) is 19.1 Å². The summed E-state index contributed by atoms with van der Waals surface area (Å²) in [5.74, 6) is -3.93. The Hall–Kier alpha value is -1.53. The van der Waals surface area contributed by atoms with Gasteiger partial charge in [0.2, 0.25) is 11.5 Å². The van der Waals surface area contributed by atoms with E-state index in [1.165, 1.54) is 0 Å². The van der Waals surface area contributed by atoms with Crippen molar-refractivity contribution in [1.29, 1.82) is 0 Å². The first-order valence-corrected chi connectivity index (χ1v) is 3.43. The summed E-state index contributed by atoms with van der Waals surface area (Å²) in [4.78, 5) is 21.6. The van der Waals surface area contributed by atoms with Gasteiger partial charge in [0.15, 0.2) is 12.2 Å². The summed E-state index contributed by atoms with van der Waals surface area (Å²) in [6.45, 7) is -0.778. The van der Waals surface area contributed by atoms with E-state index in [1.807, 2.05) is 0 Å². The van der Waals surface area contributed by atoms with Crippen molar-refractivity contribution in [2.45, 2.75) is 6.18 Å². The molecule has 0 N–H and O–H groups in total. The maximum absolute atomic E-state index is 12.1. The molecule has 0 radical (unpaired) electrons. The normalized spacial score (nSPS) is 17.0. The van der Waals surface area contributed by atoms with Crippen LogP contribution >= 0.6 is 0 Å². The lowest BCUT2D eigenvalue weighted by molar-refractivity contribution is -0.140. The molecule has 0 amide bonds. The first kappa shape index (κ1) is 10.6. The number of carbonyl (C=O) groups is 2. The van der Waals surface area contributed by atoms with Crippen molar-refractivity contribution in [3.63, 3.8) is 0 Å². The van der Waals surface area contributed by atoms with E-state index >= 15 is 0 Å². The maximum Gasteiger partial charge on any atom is 0.449 e. The van der Waals surface area contributed by atoms with Crippen molar-refractivity contribution in [3.05, 3.63) is 11.3 Å². The van der Waals surface area contributed by atoms with E-state index in [-0.39, 0.29) is 0 Å². The van der Waals surface area contributed by atoms with Crippen molar-refractivity contribution in [2.75, 3.05) is 13.7 Å². The molecular weight excluding hydrogens is 205 g/mol. The molecule has 0 bridgehead atoms. The molecule has 0 spiro atoms. The number of alkyl halides is 3. The summed E-state index contributed by atoms with van der Waals surface area (Å²) in [6, 6.07) is 0. The van der Waals surface area contributed by atoms with Gasteiger partial charge in [-0.05, 0) is 0 Å². The molecule has 1 rings (SSSR count). The highest BCUT2D eigenvalue weighted by Crippen LogP contribution is 2.33. The molecule has 0 saturated heterocycles. The number of methoxy groups -OCH3 is 1. The van der Waals surface area contributed by atoms with E-state index < -0.39 is 35.9 Å². The van der Waals surface area contributed by atoms with Crippen LogP contribution in [0.3, 0.4) is 0 Å². The van der Waals surface area contributed by atoms with Gasteiger partial charge in [-0.2, -0.15) is 13.2 Å². The van der Waals surface area contributed by atoms with Gasteiger partial charge >= 0.3 is 12.1 Å². The van der Waals surface area contributed by atoms with Crippen molar-refractivity contribution in [3.8, 4) is 0 Å². The van der Waals surface area contributed by atoms with E-state index in [4.69, 9.17) is 0 Å². The van der Waals surface area contributed by atoms with Gasteiger partial charge in [-0.15, -0.1) is 0 Å². The van der Waals surface area contributed by atoms with Crippen LogP contribution in [-0.4, -0.2) is 31.6 Å². The number of rotatable bonds is 1. The zero-order chi connectivity index (χ0) is 10.9. The lowest BCUT2D eigenvalue weighted by Gasteiger charge is -2.07. The SMILES string of the molecule is COC(=O)C1=C(C(F)(F)F)OCC1=O. The van der Waals surface area contributed by atoms with E-state index in [9.17, 15) is 22.8 Å². The third-order valence-corrected chi connectivity index (χ3v) is 1.50. The standard InChI is InChI=1S/C7H5F3O4/c1-13-6(12)4-3(11)2-14-5(4)7(8,9)10/h2H2,1H3. The number of carbonyl (C=O) groups excluding carboxylic acids is 2. The van der Waals surface area contributed by atoms with Crippen LogP contribution in [0.1, 0.15) is 0 Å². The van der Waals surface area contributed by atoms with Gasteiger partial charge in [0.1, 0.15) is 0 Å². The molecule has 14 heavy (non-hydrogen) atoms. The van der Waals surface area contributed by atoms with Crippen LogP contribution in [0.2, 0.25) is 0 Å². The second kappa shape index (κ2) is 3.32. The number of hydrogen-bond acceptors (Lipinski definition) is 4. The molecule has 1 aliphatic heterocycles. The Balaban J connectivity index is 3.16. The Morgan fingerprint density at radius 3 is 2.50 bits per heavy atom. The van der Waals surface area contributed by atoms with Gasteiger partial charge in [-0.1, -0.05) is 0 Å². The third kappa shape index (κ3) is 1.70. The van der Waals surface area contributed by atoms with Crippen LogP contribution in [0.5, 0.6) is 0 Å². The van der Waals surface area contributed by atoms with Crippen LogP contribution in [0.25, 0.3) is 0 Å². The molecule has 1 heterocycles. The van der Waals surface area contributed by atoms with Crippen molar-refractivity contribution in [1.82, 2.24) is 0 Å². The van der Waals surface area contributed by atoms with E-state index in [1.54, 1.807) is 0 Å². The minimum atomic E-state index is -4.85. The number of halogens is 3. The zero-order valence-corrected chi connectivity index (χ0v) is 6.97. The number of Topliss-reactive ketones (excluding diaryl/α,β-unsaturated/α-hetero) is 1. The molecule has 0 atom stereocenters. The minimum Gasteiger partial charge on any atom is -0.480 e. The highest BCUT2D eigenvalue weighted by Gasteiger charge is 2.47. The lowest BCUT2D eigenvalue weighted by Crippen LogP contribution is -2.18. The van der Waals surface area contributed by atoms with Gasteiger partial charge in [-0.3, -0.25) is 4.79 Å².